The monoisotopic (exact) mass is 473 g/mol. The Labute approximate surface area is 201 Å². The summed E-state index contributed by atoms with van der Waals surface area (Å²) in [6, 6.07) is 6.90. The number of rotatable bonds is 2. The van der Waals surface area contributed by atoms with E-state index >= 15 is 0 Å². The number of benzene rings is 1. The number of hydrogen-bond donors (Lipinski definition) is 0. The lowest BCUT2D eigenvalue weighted by molar-refractivity contribution is -0.154. The quantitative estimate of drug-likeness (QED) is 0.648. The predicted molar refractivity (Wildman–Crippen MR) is 125 cm³/mol. The molecule has 9 nitrogen and oxygen atoms in total. The van der Waals surface area contributed by atoms with Crippen LogP contribution in [0.2, 0.25) is 0 Å². The lowest BCUT2D eigenvalue weighted by Gasteiger charge is -2.38. The second kappa shape index (κ2) is 11.6. The third kappa shape index (κ3) is 5.87. The van der Waals surface area contributed by atoms with Crippen molar-refractivity contribution in [3.63, 3.8) is 0 Å². The summed E-state index contributed by atoms with van der Waals surface area (Å²) in [5.41, 5.74) is 0.678. The Balaban J connectivity index is 1.93. The maximum absolute atomic E-state index is 13.3. The summed E-state index contributed by atoms with van der Waals surface area (Å²) in [6.45, 7) is 2.77. The molecule has 0 spiro atoms. The standard InChI is InChI=1S/C25H35N3O6/c1-16-22(32-5)14-28(3)25(30)19-12-17(13-26)6-8-20(19)33-11-10-18-7-9-21(31-4)23(34-18)15-27(2)24(16)29/h6,8,12,16,18,21-23H,7,9-11,14-15H2,1-5H3/t16-,18-,21+,22-,23+/m0/s1. The maximum atomic E-state index is 13.3. The molecule has 3 rings (SSSR count). The number of carbonyl (C=O) groups is 2. The number of fused-ring (bicyclic) bond motifs is 3. The Bertz CT molecular complexity index is 916. The van der Waals surface area contributed by atoms with Gasteiger partial charge in [-0.2, -0.15) is 5.26 Å². The van der Waals surface area contributed by atoms with Gasteiger partial charge in [0.05, 0.1) is 48.0 Å². The molecule has 2 amide bonds. The van der Waals surface area contributed by atoms with E-state index in [1.54, 1.807) is 45.2 Å². The molecule has 0 aliphatic carbocycles. The first kappa shape index (κ1) is 25.9. The minimum Gasteiger partial charge on any atom is -0.493 e. The highest BCUT2D eigenvalue weighted by molar-refractivity contribution is 5.97. The molecule has 9 heteroatoms. The molecule has 34 heavy (non-hydrogen) atoms. The summed E-state index contributed by atoms with van der Waals surface area (Å²) in [7, 11) is 6.61. The minimum absolute atomic E-state index is 0.0443. The van der Waals surface area contributed by atoms with Gasteiger partial charge >= 0.3 is 0 Å². The van der Waals surface area contributed by atoms with Crippen molar-refractivity contribution in [1.82, 2.24) is 9.80 Å². The molecule has 2 aliphatic rings. The van der Waals surface area contributed by atoms with Crippen LogP contribution in [0.15, 0.2) is 18.2 Å². The number of likely N-dealkylation sites (N-methyl/N-ethyl adjacent to an activating group) is 2. The molecule has 2 heterocycles. The zero-order chi connectivity index (χ0) is 24.8. The smallest absolute Gasteiger partial charge is 0.257 e. The molecule has 2 bridgehead atoms. The predicted octanol–water partition coefficient (Wildman–Crippen LogP) is 2.08. The largest absolute Gasteiger partial charge is 0.493 e. The summed E-state index contributed by atoms with van der Waals surface area (Å²) in [6.07, 6.45) is 1.39. The van der Waals surface area contributed by atoms with Crippen molar-refractivity contribution in [3.8, 4) is 11.8 Å². The third-order valence-corrected chi connectivity index (χ3v) is 6.77. The van der Waals surface area contributed by atoms with Crippen molar-refractivity contribution in [2.24, 2.45) is 5.92 Å². The number of carbonyl (C=O) groups excluding carboxylic acids is 2. The van der Waals surface area contributed by atoms with Gasteiger partial charge in [-0.1, -0.05) is 6.92 Å². The third-order valence-electron chi connectivity index (χ3n) is 6.77. The van der Waals surface area contributed by atoms with Crippen molar-refractivity contribution in [3.05, 3.63) is 29.3 Å². The first-order valence-corrected chi connectivity index (χ1v) is 11.7. The second-order valence-electron chi connectivity index (χ2n) is 9.08. The molecule has 0 aromatic heterocycles. The highest BCUT2D eigenvalue weighted by Crippen LogP contribution is 2.27. The van der Waals surface area contributed by atoms with E-state index in [4.69, 9.17) is 18.9 Å². The van der Waals surface area contributed by atoms with E-state index < -0.39 is 12.0 Å². The van der Waals surface area contributed by atoms with Crippen molar-refractivity contribution < 1.29 is 28.5 Å². The van der Waals surface area contributed by atoms with E-state index in [9.17, 15) is 14.9 Å². The maximum Gasteiger partial charge on any atom is 0.257 e. The van der Waals surface area contributed by atoms with E-state index in [-0.39, 0.29) is 36.7 Å². The van der Waals surface area contributed by atoms with Crippen molar-refractivity contribution in [2.75, 3.05) is 48.0 Å². The van der Waals surface area contributed by atoms with Crippen LogP contribution in [0.1, 0.15) is 42.1 Å². The Morgan fingerprint density at radius 3 is 2.44 bits per heavy atom. The van der Waals surface area contributed by atoms with Crippen LogP contribution in [0, 0.1) is 17.2 Å². The minimum atomic E-state index is -0.515. The number of methoxy groups -OCH3 is 2. The molecule has 5 atom stereocenters. The van der Waals surface area contributed by atoms with Gasteiger partial charge in [0.1, 0.15) is 11.9 Å². The summed E-state index contributed by atoms with van der Waals surface area (Å²) in [5.74, 6) is -0.454. The molecule has 1 fully saturated rings. The van der Waals surface area contributed by atoms with Gasteiger partial charge < -0.3 is 28.7 Å². The number of hydrogen-bond acceptors (Lipinski definition) is 7. The highest BCUT2D eigenvalue weighted by atomic mass is 16.5. The Kier molecular flexibility index (Phi) is 8.89. The Morgan fingerprint density at radius 1 is 1.03 bits per heavy atom. The fourth-order valence-electron chi connectivity index (χ4n) is 4.64. The average Bonchev–Trinajstić information content (AvgIpc) is 2.85. The van der Waals surface area contributed by atoms with Gasteiger partial charge in [0, 0.05) is 47.8 Å². The van der Waals surface area contributed by atoms with Gasteiger partial charge in [0.2, 0.25) is 5.91 Å². The van der Waals surface area contributed by atoms with Gasteiger partial charge in [0.15, 0.2) is 0 Å². The van der Waals surface area contributed by atoms with Crippen molar-refractivity contribution in [2.45, 2.75) is 50.6 Å². The lowest BCUT2D eigenvalue weighted by atomic mass is 9.97. The number of ether oxygens (including phenoxy) is 4. The number of nitriles is 1. The molecule has 2 aliphatic heterocycles. The molecular weight excluding hydrogens is 438 g/mol. The first-order valence-electron chi connectivity index (χ1n) is 11.7. The van der Waals surface area contributed by atoms with Crippen LogP contribution in [0.5, 0.6) is 5.75 Å². The zero-order valence-electron chi connectivity index (χ0n) is 20.7. The van der Waals surface area contributed by atoms with Gasteiger partial charge in [-0.25, -0.2) is 0 Å². The topological polar surface area (TPSA) is 101 Å². The van der Waals surface area contributed by atoms with E-state index in [2.05, 4.69) is 6.07 Å². The van der Waals surface area contributed by atoms with Crippen molar-refractivity contribution >= 4 is 11.8 Å². The van der Waals surface area contributed by atoms with Crippen LogP contribution in [0.4, 0.5) is 0 Å². The summed E-state index contributed by atoms with van der Waals surface area (Å²) in [5, 5.41) is 9.33. The van der Waals surface area contributed by atoms with Crippen LogP contribution in [0.25, 0.3) is 0 Å². The molecule has 0 radical (unpaired) electrons. The van der Waals surface area contributed by atoms with E-state index in [0.29, 0.717) is 36.4 Å². The normalized spacial score (nSPS) is 29.2. The van der Waals surface area contributed by atoms with Gasteiger partial charge in [-0.05, 0) is 31.0 Å². The second-order valence-corrected chi connectivity index (χ2v) is 9.08. The van der Waals surface area contributed by atoms with Crippen LogP contribution in [-0.2, 0) is 19.0 Å². The van der Waals surface area contributed by atoms with Crippen molar-refractivity contribution in [1.29, 1.82) is 5.26 Å². The molecule has 1 saturated heterocycles. The summed E-state index contributed by atoms with van der Waals surface area (Å²) in [4.78, 5) is 29.7. The zero-order valence-corrected chi connectivity index (χ0v) is 20.7. The number of amides is 2. The van der Waals surface area contributed by atoms with Crippen LogP contribution >= 0.6 is 0 Å². The van der Waals surface area contributed by atoms with Crippen LogP contribution in [0.3, 0.4) is 0 Å². The highest BCUT2D eigenvalue weighted by Gasteiger charge is 2.35. The summed E-state index contributed by atoms with van der Waals surface area (Å²) >= 11 is 0. The molecule has 0 unspecified atom stereocenters. The fraction of sp³-hybridized carbons (Fsp3) is 0.640. The Morgan fingerprint density at radius 2 is 1.76 bits per heavy atom. The van der Waals surface area contributed by atoms with Gasteiger partial charge in [-0.15, -0.1) is 0 Å². The van der Waals surface area contributed by atoms with E-state index in [1.165, 1.54) is 18.1 Å². The molecule has 186 valence electrons. The van der Waals surface area contributed by atoms with E-state index in [0.717, 1.165) is 12.8 Å². The van der Waals surface area contributed by atoms with Crippen LogP contribution in [-0.4, -0.2) is 94.0 Å². The molecule has 1 aromatic rings. The number of nitrogens with zero attached hydrogens (tertiary/aromatic N) is 3. The molecular formula is C25H35N3O6. The molecule has 1 aromatic carbocycles. The van der Waals surface area contributed by atoms with Gasteiger partial charge in [-0.3, -0.25) is 9.59 Å². The van der Waals surface area contributed by atoms with Crippen LogP contribution < -0.4 is 4.74 Å². The average molecular weight is 474 g/mol. The fourth-order valence-corrected chi connectivity index (χ4v) is 4.64. The summed E-state index contributed by atoms with van der Waals surface area (Å²) < 4.78 is 23.6. The first-order chi connectivity index (χ1) is 16.3. The molecule has 0 N–H and O–H groups in total. The van der Waals surface area contributed by atoms with E-state index in [1.807, 2.05) is 0 Å². The Hall–Kier alpha value is -2.67. The van der Waals surface area contributed by atoms with Gasteiger partial charge in [0.25, 0.3) is 5.91 Å². The molecule has 0 saturated carbocycles. The lowest BCUT2D eigenvalue weighted by Crippen LogP contribution is -2.50. The SMILES string of the molecule is CO[C@H]1CN(C)C(=O)c2cc(C#N)ccc2OCC[C@@H]2CC[C@@H](OC)[C@@H](CN(C)C(=O)[C@H]1C)O2.